The van der Waals surface area contributed by atoms with Gasteiger partial charge in [0.2, 0.25) is 0 Å². The molecule has 0 saturated carbocycles. The summed E-state index contributed by atoms with van der Waals surface area (Å²) in [6.45, 7) is 0. The average Bonchev–Trinajstić information content (AvgIpc) is 2.71. The van der Waals surface area contributed by atoms with Crippen LogP contribution in [0.25, 0.3) is 17.1 Å². The Labute approximate surface area is 102 Å². The third-order valence-corrected chi connectivity index (χ3v) is 2.76. The minimum atomic E-state index is 0.651. The number of nitrogens with one attached hydrogen (secondary N) is 1. The molecule has 2 heterocycles. The number of hydrogen-bond acceptors (Lipinski definition) is 2. The molecule has 0 atom stereocenters. The zero-order valence-corrected chi connectivity index (χ0v) is 10.2. The summed E-state index contributed by atoms with van der Waals surface area (Å²) in [5.41, 5.74) is 2.41. The van der Waals surface area contributed by atoms with E-state index >= 15 is 0 Å². The van der Waals surface area contributed by atoms with Crippen molar-refractivity contribution < 1.29 is 4.79 Å². The van der Waals surface area contributed by atoms with Crippen molar-refractivity contribution >= 4 is 39.3 Å². The van der Waals surface area contributed by atoms with E-state index in [4.69, 9.17) is 0 Å². The lowest BCUT2D eigenvalue weighted by molar-refractivity contribution is 0.112. The van der Waals surface area contributed by atoms with Crippen molar-refractivity contribution in [1.29, 1.82) is 0 Å². The Hall–Kier alpha value is -1.42. The fourth-order valence-corrected chi connectivity index (χ4v) is 1.78. The number of aromatic nitrogens is 2. The van der Waals surface area contributed by atoms with E-state index in [1.165, 1.54) is 0 Å². The molecule has 2 rings (SSSR count). The van der Waals surface area contributed by atoms with Crippen molar-refractivity contribution in [2.45, 2.75) is 6.42 Å². The number of nitrogens with zero attached hydrogens (tertiary/aromatic N) is 1. The second-order valence-electron chi connectivity index (χ2n) is 3.41. The zero-order chi connectivity index (χ0) is 11.4. The summed E-state index contributed by atoms with van der Waals surface area (Å²) in [6, 6.07) is 1.97. The highest BCUT2D eigenvalue weighted by molar-refractivity contribution is 9.09. The van der Waals surface area contributed by atoms with Crippen molar-refractivity contribution in [1.82, 2.24) is 9.97 Å². The molecule has 16 heavy (non-hydrogen) atoms. The van der Waals surface area contributed by atoms with E-state index in [0.717, 1.165) is 34.6 Å². The summed E-state index contributed by atoms with van der Waals surface area (Å²) in [7, 11) is 0. The van der Waals surface area contributed by atoms with Gasteiger partial charge in [0, 0.05) is 28.7 Å². The van der Waals surface area contributed by atoms with Crippen LogP contribution in [0.4, 0.5) is 0 Å². The molecule has 0 saturated heterocycles. The highest BCUT2D eigenvalue weighted by atomic mass is 79.9. The summed E-state index contributed by atoms with van der Waals surface area (Å²) in [4.78, 5) is 18.0. The maximum absolute atomic E-state index is 10.8. The van der Waals surface area contributed by atoms with Gasteiger partial charge in [0.15, 0.2) is 6.29 Å². The van der Waals surface area contributed by atoms with Crippen molar-refractivity contribution in [3.05, 3.63) is 35.7 Å². The molecule has 4 heteroatoms. The molecule has 0 aromatic carbocycles. The summed E-state index contributed by atoms with van der Waals surface area (Å²) in [5, 5.41) is 1.82. The second-order valence-corrected chi connectivity index (χ2v) is 4.20. The van der Waals surface area contributed by atoms with Gasteiger partial charge in [-0.15, -0.1) is 0 Å². The highest BCUT2D eigenvalue weighted by Crippen LogP contribution is 2.16. The van der Waals surface area contributed by atoms with Gasteiger partial charge >= 0.3 is 0 Å². The van der Waals surface area contributed by atoms with Gasteiger partial charge in [0.1, 0.15) is 5.65 Å². The maximum atomic E-state index is 10.8. The van der Waals surface area contributed by atoms with Gasteiger partial charge in [-0.1, -0.05) is 28.1 Å². The van der Waals surface area contributed by atoms with Crippen LogP contribution < -0.4 is 0 Å². The van der Waals surface area contributed by atoms with Crippen LogP contribution in [0.5, 0.6) is 0 Å². The number of pyridine rings is 1. The number of alkyl halides is 1. The summed E-state index contributed by atoms with van der Waals surface area (Å²) >= 11 is 3.36. The fourth-order valence-electron chi connectivity index (χ4n) is 1.51. The summed E-state index contributed by atoms with van der Waals surface area (Å²) in [5.74, 6) is 0. The third-order valence-electron chi connectivity index (χ3n) is 2.30. The topological polar surface area (TPSA) is 45.8 Å². The Morgan fingerprint density at radius 1 is 1.50 bits per heavy atom. The predicted octanol–water partition coefficient (Wildman–Crippen LogP) is 3.17. The number of H-pyrrole nitrogens is 1. The first-order valence-corrected chi connectivity index (χ1v) is 6.12. The largest absolute Gasteiger partial charge is 0.345 e. The van der Waals surface area contributed by atoms with Crippen molar-refractivity contribution in [2.75, 3.05) is 5.33 Å². The molecular formula is C12H11BrN2O. The Bertz CT molecular complexity index is 531. The van der Waals surface area contributed by atoms with Crippen LogP contribution in [0.15, 0.2) is 24.5 Å². The van der Waals surface area contributed by atoms with Gasteiger partial charge in [0.05, 0.1) is 0 Å². The van der Waals surface area contributed by atoms with Crippen LogP contribution in [0, 0.1) is 0 Å². The van der Waals surface area contributed by atoms with Crippen LogP contribution in [0.2, 0.25) is 0 Å². The molecule has 3 nitrogen and oxygen atoms in total. The van der Waals surface area contributed by atoms with E-state index in [1.807, 2.05) is 12.1 Å². The lowest BCUT2D eigenvalue weighted by Crippen LogP contribution is -1.81. The van der Waals surface area contributed by atoms with Gasteiger partial charge in [0.25, 0.3) is 0 Å². The first kappa shape index (κ1) is 11.1. The van der Waals surface area contributed by atoms with Gasteiger partial charge in [-0.05, 0) is 18.1 Å². The van der Waals surface area contributed by atoms with Crippen LogP contribution in [0.1, 0.15) is 22.3 Å². The van der Waals surface area contributed by atoms with E-state index in [-0.39, 0.29) is 0 Å². The van der Waals surface area contributed by atoms with Crippen LogP contribution >= 0.6 is 15.9 Å². The van der Waals surface area contributed by atoms with Gasteiger partial charge in [-0.25, -0.2) is 4.98 Å². The number of halogens is 1. The number of carbonyl (C=O) groups excluding carboxylic acids is 1. The standard InChI is InChI=1S/C12H11BrN2O/c13-4-2-1-3-9-5-11-10(8-16)7-15-12(11)14-6-9/h1,3,5-8H,2,4H2,(H,14,15). The molecule has 0 spiro atoms. The highest BCUT2D eigenvalue weighted by Gasteiger charge is 2.03. The van der Waals surface area contributed by atoms with E-state index < -0.39 is 0 Å². The average molecular weight is 279 g/mol. The summed E-state index contributed by atoms with van der Waals surface area (Å²) < 4.78 is 0. The van der Waals surface area contributed by atoms with Gasteiger partial charge < -0.3 is 4.98 Å². The van der Waals surface area contributed by atoms with E-state index in [9.17, 15) is 4.79 Å². The number of aromatic amines is 1. The van der Waals surface area contributed by atoms with Crippen molar-refractivity contribution in [3.8, 4) is 0 Å². The molecule has 0 amide bonds. The number of aldehydes is 1. The number of fused-ring (bicyclic) bond motifs is 1. The number of rotatable bonds is 4. The lowest BCUT2D eigenvalue weighted by atomic mass is 10.1. The Balaban J connectivity index is 2.37. The first-order chi connectivity index (χ1) is 7.85. The summed E-state index contributed by atoms with van der Waals surface area (Å²) in [6.07, 6.45) is 9.37. The molecule has 0 aliphatic heterocycles. The van der Waals surface area contributed by atoms with Crippen molar-refractivity contribution in [3.63, 3.8) is 0 Å². The lowest BCUT2D eigenvalue weighted by Gasteiger charge is -1.94. The maximum Gasteiger partial charge on any atom is 0.152 e. The minimum absolute atomic E-state index is 0.651. The third kappa shape index (κ3) is 2.22. The molecule has 0 aliphatic rings. The Morgan fingerprint density at radius 2 is 2.38 bits per heavy atom. The smallest absolute Gasteiger partial charge is 0.152 e. The van der Waals surface area contributed by atoms with E-state index in [0.29, 0.717) is 5.56 Å². The predicted molar refractivity (Wildman–Crippen MR) is 68.9 cm³/mol. The minimum Gasteiger partial charge on any atom is -0.345 e. The molecule has 2 aromatic rings. The van der Waals surface area contributed by atoms with Gasteiger partial charge in [-0.3, -0.25) is 4.79 Å². The molecule has 0 unspecified atom stereocenters. The zero-order valence-electron chi connectivity index (χ0n) is 8.61. The fraction of sp³-hybridized carbons (Fsp3) is 0.167. The monoisotopic (exact) mass is 278 g/mol. The Kier molecular flexibility index (Phi) is 3.51. The molecule has 0 bridgehead atoms. The van der Waals surface area contributed by atoms with E-state index in [1.54, 1.807) is 12.4 Å². The van der Waals surface area contributed by atoms with Crippen molar-refractivity contribution in [2.24, 2.45) is 0 Å². The molecule has 0 radical (unpaired) electrons. The molecule has 82 valence electrons. The second kappa shape index (κ2) is 5.07. The quantitative estimate of drug-likeness (QED) is 0.690. The van der Waals surface area contributed by atoms with Crippen LogP contribution in [0.3, 0.4) is 0 Å². The molecule has 2 aromatic heterocycles. The number of carbonyl (C=O) groups is 1. The van der Waals surface area contributed by atoms with Gasteiger partial charge in [-0.2, -0.15) is 0 Å². The van der Waals surface area contributed by atoms with Crippen LogP contribution in [-0.2, 0) is 0 Å². The number of allylic oxidation sites excluding steroid dienone is 1. The molecule has 0 aliphatic carbocycles. The normalized spacial score (nSPS) is 11.3. The SMILES string of the molecule is O=Cc1c[nH]c2ncc(C=CCCBr)cc12. The molecule has 1 N–H and O–H groups in total. The van der Waals surface area contributed by atoms with Crippen LogP contribution in [-0.4, -0.2) is 21.6 Å². The van der Waals surface area contributed by atoms with E-state index in [2.05, 4.69) is 32.0 Å². The molecular weight excluding hydrogens is 268 g/mol. The number of hydrogen-bond donors (Lipinski definition) is 1. The molecule has 0 fully saturated rings. The first-order valence-electron chi connectivity index (χ1n) is 5.00. The Morgan fingerprint density at radius 3 is 3.12 bits per heavy atom.